The van der Waals surface area contributed by atoms with Crippen molar-refractivity contribution in [3.05, 3.63) is 81.0 Å². The highest BCUT2D eigenvalue weighted by molar-refractivity contribution is 6.01. The van der Waals surface area contributed by atoms with Crippen molar-refractivity contribution in [3.63, 3.8) is 0 Å². The van der Waals surface area contributed by atoms with E-state index >= 15 is 0 Å². The molecule has 2 atom stereocenters. The van der Waals surface area contributed by atoms with Crippen LogP contribution in [0.3, 0.4) is 0 Å². The van der Waals surface area contributed by atoms with Crippen molar-refractivity contribution >= 4 is 11.4 Å². The third kappa shape index (κ3) is 2.26. The van der Waals surface area contributed by atoms with E-state index in [1.54, 1.807) is 32.0 Å². The molecule has 0 saturated heterocycles. The summed E-state index contributed by atoms with van der Waals surface area (Å²) in [5.74, 6) is 0. The molecule has 0 spiro atoms. The van der Waals surface area contributed by atoms with Crippen LogP contribution in [0.15, 0.2) is 54.6 Å². The molecule has 1 N–H and O–H groups in total. The minimum absolute atomic E-state index is 0.128. The van der Waals surface area contributed by atoms with Gasteiger partial charge in [0, 0.05) is 30.2 Å². The van der Waals surface area contributed by atoms with Crippen LogP contribution < -0.4 is 0 Å². The first-order valence-corrected chi connectivity index (χ1v) is 7.50. The molecular formula is C17H17N3O4. The van der Waals surface area contributed by atoms with Crippen LogP contribution in [0.1, 0.15) is 25.0 Å². The number of rotatable bonds is 3. The van der Waals surface area contributed by atoms with Crippen LogP contribution in [0.4, 0.5) is 5.69 Å². The molecule has 1 heterocycles. The molecule has 7 heteroatoms. The average Bonchev–Trinajstić information content (AvgIpc) is 2.77. The van der Waals surface area contributed by atoms with Crippen molar-refractivity contribution in [3.8, 4) is 0 Å². The lowest BCUT2D eigenvalue weighted by molar-refractivity contribution is -0.595. The smallest absolute Gasteiger partial charge is 0.274 e. The van der Waals surface area contributed by atoms with E-state index in [0.717, 1.165) is 9.80 Å². The normalized spacial score (nSPS) is 24.4. The molecule has 24 heavy (non-hydrogen) atoms. The van der Waals surface area contributed by atoms with Crippen molar-refractivity contribution in [1.29, 1.82) is 0 Å². The lowest BCUT2D eigenvalue weighted by Crippen LogP contribution is -2.45. The van der Waals surface area contributed by atoms with Gasteiger partial charge < -0.3 is 10.4 Å². The molecule has 0 saturated carbocycles. The zero-order chi connectivity index (χ0) is 17.5. The van der Waals surface area contributed by atoms with Gasteiger partial charge in [0.15, 0.2) is 0 Å². The second-order valence-electron chi connectivity index (χ2n) is 5.89. The number of nitrogens with zero attached hydrogens (tertiary/aromatic N) is 3. The maximum absolute atomic E-state index is 13.0. The first kappa shape index (κ1) is 16.1. The fourth-order valence-electron chi connectivity index (χ4n) is 3.12. The fraction of sp³-hybridized carbons (Fsp3) is 0.235. The predicted octanol–water partition coefficient (Wildman–Crippen LogP) is 2.86. The highest BCUT2D eigenvalue weighted by Crippen LogP contribution is 2.37. The highest BCUT2D eigenvalue weighted by Gasteiger charge is 2.54. The maximum Gasteiger partial charge on any atom is 0.274 e. The van der Waals surface area contributed by atoms with Gasteiger partial charge in [0.25, 0.3) is 11.4 Å². The van der Waals surface area contributed by atoms with Crippen molar-refractivity contribution in [1.82, 2.24) is 5.06 Å². The quantitative estimate of drug-likeness (QED) is 0.405. The molecule has 0 amide bonds. The molecule has 1 aliphatic heterocycles. The second kappa shape index (κ2) is 5.70. The summed E-state index contributed by atoms with van der Waals surface area (Å²) in [6, 6.07) is 14.3. The van der Waals surface area contributed by atoms with Crippen molar-refractivity contribution in [2.24, 2.45) is 0 Å². The standard InChI is InChI=1S/C17H17N3O4/c1-12-16(13-7-4-3-5-8-13)19(22)17(2,18(12)21)14-9-6-10-15(11-14)20(23)24/h3-12,21H,1-2H3/t12-,17-/m0/s1. The molecule has 0 aliphatic carbocycles. The molecule has 0 bridgehead atoms. The number of non-ortho nitro benzene ring substituents is 1. The molecule has 124 valence electrons. The van der Waals surface area contributed by atoms with Gasteiger partial charge in [-0.1, -0.05) is 24.3 Å². The molecule has 7 nitrogen and oxygen atoms in total. The zero-order valence-corrected chi connectivity index (χ0v) is 13.3. The van der Waals surface area contributed by atoms with Gasteiger partial charge in [0.05, 0.1) is 4.92 Å². The van der Waals surface area contributed by atoms with Crippen LogP contribution in [0.5, 0.6) is 0 Å². The molecular weight excluding hydrogens is 310 g/mol. The Bertz CT molecular complexity index is 822. The SMILES string of the molecule is C[C@H]1C(c2ccccc2)=[N+]([O-])[C@@](C)(c2cccc([N+](=O)[O-])c2)N1O. The lowest BCUT2D eigenvalue weighted by atomic mass is 10.0. The third-order valence-electron chi connectivity index (χ3n) is 4.50. The van der Waals surface area contributed by atoms with E-state index in [1.165, 1.54) is 18.2 Å². The van der Waals surface area contributed by atoms with E-state index in [2.05, 4.69) is 0 Å². The molecule has 3 rings (SSSR count). The van der Waals surface area contributed by atoms with Crippen LogP contribution in [-0.2, 0) is 5.66 Å². The Hall–Kier alpha value is -2.77. The van der Waals surface area contributed by atoms with Gasteiger partial charge in [-0.15, -0.1) is 5.06 Å². The number of nitro benzene ring substituents is 1. The molecule has 0 fully saturated rings. The third-order valence-corrected chi connectivity index (χ3v) is 4.50. The van der Waals surface area contributed by atoms with Crippen LogP contribution >= 0.6 is 0 Å². The first-order valence-electron chi connectivity index (χ1n) is 7.50. The van der Waals surface area contributed by atoms with Crippen molar-refractivity contribution in [2.45, 2.75) is 25.6 Å². The van der Waals surface area contributed by atoms with E-state index in [4.69, 9.17) is 0 Å². The molecule has 0 radical (unpaired) electrons. The molecule has 2 aromatic carbocycles. The van der Waals surface area contributed by atoms with Crippen LogP contribution in [-0.4, -0.2) is 31.7 Å². The number of hydrogen-bond donors (Lipinski definition) is 1. The number of hydroxylamine groups is 3. The largest absolute Gasteiger partial charge is 0.622 e. The Labute approximate surface area is 138 Å². The molecule has 0 aromatic heterocycles. The molecule has 0 unspecified atom stereocenters. The van der Waals surface area contributed by atoms with Gasteiger partial charge >= 0.3 is 0 Å². The lowest BCUT2D eigenvalue weighted by Gasteiger charge is -2.29. The van der Waals surface area contributed by atoms with Gasteiger partial charge in [-0.05, 0) is 25.1 Å². The summed E-state index contributed by atoms with van der Waals surface area (Å²) in [5.41, 5.74) is -0.111. The number of hydrogen-bond acceptors (Lipinski definition) is 5. The summed E-state index contributed by atoms with van der Waals surface area (Å²) < 4.78 is 0.728. The van der Waals surface area contributed by atoms with Crippen molar-refractivity contribution < 1.29 is 14.9 Å². The van der Waals surface area contributed by atoms with E-state index in [9.17, 15) is 20.5 Å². The monoisotopic (exact) mass is 327 g/mol. The maximum atomic E-state index is 13.0. The Balaban J connectivity index is 2.17. The van der Waals surface area contributed by atoms with E-state index < -0.39 is 16.6 Å². The fourth-order valence-corrected chi connectivity index (χ4v) is 3.12. The summed E-state index contributed by atoms with van der Waals surface area (Å²) in [6.45, 7) is 3.27. The topological polar surface area (TPSA) is 92.7 Å². The minimum atomic E-state index is -1.45. The molecule has 2 aromatic rings. The summed E-state index contributed by atoms with van der Waals surface area (Å²) in [7, 11) is 0. The summed E-state index contributed by atoms with van der Waals surface area (Å²) >= 11 is 0. The minimum Gasteiger partial charge on any atom is -0.622 e. The number of benzene rings is 2. The van der Waals surface area contributed by atoms with E-state index in [-0.39, 0.29) is 5.69 Å². The Morgan fingerprint density at radius 1 is 1.21 bits per heavy atom. The second-order valence-corrected chi connectivity index (χ2v) is 5.89. The van der Waals surface area contributed by atoms with Gasteiger partial charge in [0.1, 0.15) is 6.04 Å². The van der Waals surface area contributed by atoms with E-state index in [1.807, 2.05) is 18.2 Å². The average molecular weight is 327 g/mol. The van der Waals surface area contributed by atoms with Gasteiger partial charge in [0.2, 0.25) is 5.71 Å². The van der Waals surface area contributed by atoms with Crippen LogP contribution in [0.25, 0.3) is 0 Å². The van der Waals surface area contributed by atoms with Gasteiger partial charge in [-0.3, -0.25) is 10.1 Å². The van der Waals surface area contributed by atoms with E-state index in [0.29, 0.717) is 16.8 Å². The summed E-state index contributed by atoms with van der Waals surface area (Å²) in [4.78, 5) is 10.5. The predicted molar refractivity (Wildman–Crippen MR) is 87.7 cm³/mol. The van der Waals surface area contributed by atoms with Crippen LogP contribution in [0, 0.1) is 15.3 Å². The highest BCUT2D eigenvalue weighted by atomic mass is 16.6. The van der Waals surface area contributed by atoms with Crippen molar-refractivity contribution in [2.75, 3.05) is 0 Å². The Kier molecular flexibility index (Phi) is 3.82. The Morgan fingerprint density at radius 3 is 2.50 bits per heavy atom. The van der Waals surface area contributed by atoms with Crippen LogP contribution in [0.2, 0.25) is 0 Å². The summed E-state index contributed by atoms with van der Waals surface area (Å²) in [6.07, 6.45) is 0. The van der Waals surface area contributed by atoms with Gasteiger partial charge in [-0.25, -0.2) is 0 Å². The number of nitro groups is 1. The zero-order valence-electron chi connectivity index (χ0n) is 13.3. The Morgan fingerprint density at radius 2 is 1.88 bits per heavy atom. The van der Waals surface area contributed by atoms with Gasteiger partial charge in [-0.2, -0.15) is 4.74 Å². The summed E-state index contributed by atoms with van der Waals surface area (Å²) in [5, 5.41) is 35.6. The first-order chi connectivity index (χ1) is 11.4. The molecule has 1 aliphatic rings.